The van der Waals surface area contributed by atoms with Crippen LogP contribution in [0.3, 0.4) is 0 Å². The molecule has 1 aliphatic rings. The van der Waals surface area contributed by atoms with Crippen molar-refractivity contribution in [1.82, 2.24) is 10.6 Å². The highest BCUT2D eigenvalue weighted by Gasteiger charge is 2.31. The molecule has 2 rings (SSSR count). The molecule has 0 aromatic heterocycles. The van der Waals surface area contributed by atoms with E-state index in [-0.39, 0.29) is 10.8 Å². The van der Waals surface area contributed by atoms with Gasteiger partial charge in [-0.1, -0.05) is 31.2 Å². The number of ether oxygens (including phenoxy) is 1. The number of hydrogen-bond donors (Lipinski definition) is 2. The van der Waals surface area contributed by atoms with Crippen LogP contribution in [0.4, 0.5) is 0 Å². The van der Waals surface area contributed by atoms with E-state index in [4.69, 9.17) is 9.73 Å². The SMILES string of the molecule is CCNC(=NCC1(SC)CCOCC1)NC(C)c1ccc(CC)cc1. The van der Waals surface area contributed by atoms with Crippen LogP contribution in [-0.2, 0) is 11.2 Å². The molecule has 1 heterocycles. The number of aryl methyl sites for hydroxylation is 1. The van der Waals surface area contributed by atoms with Gasteiger partial charge in [0.2, 0.25) is 0 Å². The van der Waals surface area contributed by atoms with Gasteiger partial charge in [0.05, 0.1) is 12.6 Å². The summed E-state index contributed by atoms with van der Waals surface area (Å²) >= 11 is 1.93. The largest absolute Gasteiger partial charge is 0.381 e. The molecule has 1 aromatic rings. The number of guanidine groups is 1. The van der Waals surface area contributed by atoms with Gasteiger partial charge in [0.15, 0.2) is 5.96 Å². The molecule has 0 radical (unpaired) electrons. The molecule has 0 spiro atoms. The fourth-order valence-corrected chi connectivity index (χ4v) is 3.81. The molecule has 25 heavy (non-hydrogen) atoms. The summed E-state index contributed by atoms with van der Waals surface area (Å²) in [6, 6.07) is 9.07. The second kappa shape index (κ2) is 10.1. The lowest BCUT2D eigenvalue weighted by atomic mass is 9.99. The van der Waals surface area contributed by atoms with Gasteiger partial charge < -0.3 is 15.4 Å². The van der Waals surface area contributed by atoms with Gasteiger partial charge in [-0.25, -0.2) is 0 Å². The number of nitrogens with zero attached hydrogens (tertiary/aromatic N) is 1. The van der Waals surface area contributed by atoms with Crippen molar-refractivity contribution in [2.24, 2.45) is 4.99 Å². The third kappa shape index (κ3) is 5.93. The first-order valence-electron chi connectivity index (χ1n) is 9.39. The number of benzene rings is 1. The second-order valence-corrected chi connectivity index (χ2v) is 7.93. The van der Waals surface area contributed by atoms with Crippen LogP contribution in [0.25, 0.3) is 0 Å². The zero-order valence-corrected chi connectivity index (χ0v) is 16.9. The normalized spacial score (nSPS) is 18.6. The highest BCUT2D eigenvalue weighted by molar-refractivity contribution is 8.00. The van der Waals surface area contributed by atoms with E-state index in [0.717, 1.165) is 51.5 Å². The summed E-state index contributed by atoms with van der Waals surface area (Å²) in [5, 5.41) is 6.94. The molecule has 4 nitrogen and oxygen atoms in total. The number of thioether (sulfide) groups is 1. The Morgan fingerprint density at radius 3 is 2.48 bits per heavy atom. The maximum Gasteiger partial charge on any atom is 0.191 e. The first kappa shape index (κ1) is 20.1. The zero-order valence-electron chi connectivity index (χ0n) is 16.1. The van der Waals surface area contributed by atoms with Crippen molar-refractivity contribution in [2.45, 2.75) is 50.8 Å². The van der Waals surface area contributed by atoms with Crippen molar-refractivity contribution >= 4 is 17.7 Å². The van der Waals surface area contributed by atoms with Crippen molar-refractivity contribution in [2.75, 3.05) is 32.6 Å². The van der Waals surface area contributed by atoms with Crippen LogP contribution in [0.15, 0.2) is 29.3 Å². The Bertz CT molecular complexity index is 538. The molecular weight excluding hydrogens is 330 g/mol. The summed E-state index contributed by atoms with van der Waals surface area (Å²) in [6.07, 6.45) is 5.42. The van der Waals surface area contributed by atoms with Gasteiger partial charge in [0, 0.05) is 24.5 Å². The van der Waals surface area contributed by atoms with Crippen LogP contribution in [0.1, 0.15) is 50.8 Å². The average molecular weight is 364 g/mol. The second-order valence-electron chi connectivity index (χ2n) is 6.66. The summed E-state index contributed by atoms with van der Waals surface area (Å²) < 4.78 is 5.74. The molecule has 140 valence electrons. The van der Waals surface area contributed by atoms with E-state index in [1.807, 2.05) is 11.8 Å². The lowest BCUT2D eigenvalue weighted by molar-refractivity contribution is 0.0794. The predicted octanol–water partition coefficient (Wildman–Crippen LogP) is 3.78. The molecule has 1 unspecified atom stereocenters. The van der Waals surface area contributed by atoms with E-state index in [0.29, 0.717) is 0 Å². The van der Waals surface area contributed by atoms with Crippen LogP contribution in [-0.4, -0.2) is 43.3 Å². The van der Waals surface area contributed by atoms with Gasteiger partial charge in [-0.3, -0.25) is 4.99 Å². The Kier molecular flexibility index (Phi) is 8.10. The molecule has 2 N–H and O–H groups in total. The molecule has 1 saturated heterocycles. The fraction of sp³-hybridized carbons (Fsp3) is 0.650. The Morgan fingerprint density at radius 1 is 1.24 bits per heavy atom. The molecule has 0 bridgehead atoms. The number of nitrogens with one attached hydrogen (secondary N) is 2. The maximum absolute atomic E-state index is 5.53. The molecule has 1 aromatic carbocycles. The van der Waals surface area contributed by atoms with Crippen LogP contribution in [0, 0.1) is 0 Å². The van der Waals surface area contributed by atoms with E-state index in [1.165, 1.54) is 11.1 Å². The van der Waals surface area contributed by atoms with Crippen molar-refractivity contribution in [3.63, 3.8) is 0 Å². The standard InChI is InChI=1S/C20H33N3OS/c1-5-17-7-9-18(10-8-17)16(3)23-19(21-6-2)22-15-20(25-4)11-13-24-14-12-20/h7-10,16H,5-6,11-15H2,1-4H3,(H2,21,22,23). The Morgan fingerprint density at radius 2 is 1.92 bits per heavy atom. The molecule has 1 aliphatic heterocycles. The summed E-state index contributed by atoms with van der Waals surface area (Å²) in [6.45, 7) is 9.87. The van der Waals surface area contributed by atoms with Crippen molar-refractivity contribution in [1.29, 1.82) is 0 Å². The summed E-state index contributed by atoms with van der Waals surface area (Å²) in [7, 11) is 0. The van der Waals surface area contributed by atoms with Crippen molar-refractivity contribution < 1.29 is 4.74 Å². The average Bonchev–Trinajstić information content (AvgIpc) is 2.67. The number of hydrogen-bond acceptors (Lipinski definition) is 3. The maximum atomic E-state index is 5.53. The quantitative estimate of drug-likeness (QED) is 0.572. The first-order chi connectivity index (χ1) is 12.1. The number of aliphatic imine (C=N–C) groups is 1. The van der Waals surface area contributed by atoms with Gasteiger partial charge >= 0.3 is 0 Å². The lowest BCUT2D eigenvalue weighted by Gasteiger charge is -2.34. The molecule has 1 atom stereocenters. The molecule has 0 saturated carbocycles. The summed E-state index contributed by atoms with van der Waals surface area (Å²) in [4.78, 5) is 4.90. The minimum absolute atomic E-state index is 0.215. The van der Waals surface area contributed by atoms with Gasteiger partial charge in [-0.05, 0) is 50.5 Å². The van der Waals surface area contributed by atoms with E-state index in [2.05, 4.69) is 61.9 Å². The molecular formula is C20H33N3OS. The van der Waals surface area contributed by atoms with E-state index < -0.39 is 0 Å². The van der Waals surface area contributed by atoms with Gasteiger partial charge in [-0.15, -0.1) is 0 Å². The van der Waals surface area contributed by atoms with Crippen LogP contribution in [0.5, 0.6) is 0 Å². The monoisotopic (exact) mass is 363 g/mol. The minimum Gasteiger partial charge on any atom is -0.381 e. The Balaban J connectivity index is 2.02. The minimum atomic E-state index is 0.215. The first-order valence-corrected chi connectivity index (χ1v) is 10.6. The molecule has 1 fully saturated rings. The number of rotatable bonds is 7. The summed E-state index contributed by atoms with van der Waals surface area (Å²) in [5.41, 5.74) is 2.66. The Labute approximate surface area is 157 Å². The van der Waals surface area contributed by atoms with E-state index in [9.17, 15) is 0 Å². The van der Waals surface area contributed by atoms with Gasteiger partial charge in [0.1, 0.15) is 0 Å². The topological polar surface area (TPSA) is 45.7 Å². The summed E-state index contributed by atoms with van der Waals surface area (Å²) in [5.74, 6) is 0.898. The van der Waals surface area contributed by atoms with Crippen LogP contribution in [0.2, 0.25) is 0 Å². The highest BCUT2D eigenvalue weighted by atomic mass is 32.2. The van der Waals surface area contributed by atoms with Crippen molar-refractivity contribution in [3.8, 4) is 0 Å². The van der Waals surface area contributed by atoms with E-state index in [1.54, 1.807) is 0 Å². The smallest absolute Gasteiger partial charge is 0.191 e. The van der Waals surface area contributed by atoms with Gasteiger partial charge in [-0.2, -0.15) is 11.8 Å². The molecule has 5 heteroatoms. The zero-order chi connectivity index (χ0) is 18.1. The fourth-order valence-electron chi connectivity index (χ4n) is 3.04. The predicted molar refractivity (Wildman–Crippen MR) is 110 cm³/mol. The van der Waals surface area contributed by atoms with Crippen LogP contribution >= 0.6 is 11.8 Å². The van der Waals surface area contributed by atoms with Crippen LogP contribution < -0.4 is 10.6 Å². The molecule has 0 aliphatic carbocycles. The van der Waals surface area contributed by atoms with E-state index >= 15 is 0 Å². The molecule has 0 amide bonds. The highest BCUT2D eigenvalue weighted by Crippen LogP contribution is 2.34. The van der Waals surface area contributed by atoms with Gasteiger partial charge in [0.25, 0.3) is 0 Å². The van der Waals surface area contributed by atoms with Crippen molar-refractivity contribution in [3.05, 3.63) is 35.4 Å². The lowest BCUT2D eigenvalue weighted by Crippen LogP contribution is -2.41. The third-order valence-electron chi connectivity index (χ3n) is 4.95. The Hall–Kier alpha value is -1.20. The third-order valence-corrected chi connectivity index (χ3v) is 6.35.